The maximum atomic E-state index is 14.3. The second-order valence-corrected chi connectivity index (χ2v) is 9.30. The summed E-state index contributed by atoms with van der Waals surface area (Å²) in [7, 11) is -4.29. The van der Waals surface area contributed by atoms with E-state index in [0.717, 1.165) is 31.2 Å². The number of anilines is 1. The Hall–Kier alpha value is -2.61. The lowest BCUT2D eigenvalue weighted by molar-refractivity contribution is 0.437. The minimum Gasteiger partial charge on any atom is -0.370 e. The number of rotatable bonds is 3. The maximum absolute atomic E-state index is 14.3. The Labute approximate surface area is 166 Å². The molecule has 1 fully saturated rings. The molecule has 4 rings (SSSR count). The Balaban J connectivity index is 1.98. The summed E-state index contributed by atoms with van der Waals surface area (Å²) in [6, 6.07) is 6.53. The van der Waals surface area contributed by atoms with Gasteiger partial charge >= 0.3 is 0 Å². The number of nitrogens with zero attached hydrogens (tertiary/aromatic N) is 2. The first kappa shape index (κ1) is 19.7. The third-order valence-corrected chi connectivity index (χ3v) is 7.06. The molecule has 0 unspecified atom stereocenters. The van der Waals surface area contributed by atoms with E-state index in [4.69, 9.17) is 0 Å². The highest BCUT2D eigenvalue weighted by molar-refractivity contribution is 7.91. The monoisotopic (exact) mass is 420 g/mol. The van der Waals surface area contributed by atoms with Crippen LogP contribution in [0.25, 0.3) is 10.9 Å². The summed E-state index contributed by atoms with van der Waals surface area (Å²) in [5.74, 6) is -2.04. The molecule has 4 nitrogen and oxygen atoms in total. The number of hydrogen-bond donors (Lipinski definition) is 0. The minimum atomic E-state index is -4.29. The van der Waals surface area contributed by atoms with Crippen molar-refractivity contribution in [3.8, 4) is 0 Å². The number of hydrogen-bond acceptors (Lipinski definition) is 4. The van der Waals surface area contributed by atoms with Gasteiger partial charge in [-0.15, -0.1) is 0 Å². The lowest BCUT2D eigenvalue weighted by Crippen LogP contribution is -2.34. The number of para-hydroxylation sites is 1. The quantitative estimate of drug-likeness (QED) is 0.615. The van der Waals surface area contributed by atoms with E-state index < -0.39 is 32.2 Å². The van der Waals surface area contributed by atoms with Crippen LogP contribution >= 0.6 is 0 Å². The van der Waals surface area contributed by atoms with Crippen LogP contribution in [0.5, 0.6) is 0 Å². The zero-order valence-electron chi connectivity index (χ0n) is 15.7. The van der Waals surface area contributed by atoms with Crippen LogP contribution in [0.2, 0.25) is 0 Å². The molecular weight excluding hydrogens is 401 g/mol. The second kappa shape index (κ2) is 7.33. The van der Waals surface area contributed by atoms with E-state index in [0.29, 0.717) is 36.1 Å². The molecule has 29 heavy (non-hydrogen) atoms. The van der Waals surface area contributed by atoms with Crippen LogP contribution in [0, 0.1) is 23.4 Å². The Morgan fingerprint density at radius 2 is 1.69 bits per heavy atom. The van der Waals surface area contributed by atoms with Gasteiger partial charge in [-0.25, -0.2) is 21.6 Å². The third kappa shape index (κ3) is 3.57. The Morgan fingerprint density at radius 3 is 2.34 bits per heavy atom. The van der Waals surface area contributed by atoms with Crippen LogP contribution in [-0.4, -0.2) is 26.5 Å². The topological polar surface area (TPSA) is 50.3 Å². The predicted octanol–water partition coefficient (Wildman–Crippen LogP) is 4.72. The molecule has 0 atom stereocenters. The van der Waals surface area contributed by atoms with E-state index in [9.17, 15) is 21.6 Å². The van der Waals surface area contributed by atoms with Gasteiger partial charge in [0.1, 0.15) is 27.9 Å². The van der Waals surface area contributed by atoms with E-state index in [1.54, 1.807) is 6.07 Å². The summed E-state index contributed by atoms with van der Waals surface area (Å²) < 4.78 is 68.3. The van der Waals surface area contributed by atoms with Crippen LogP contribution in [0.4, 0.5) is 18.9 Å². The number of fused-ring (bicyclic) bond motifs is 1. The van der Waals surface area contributed by atoms with Gasteiger partial charge in [0.15, 0.2) is 0 Å². The number of sulfone groups is 1. The van der Waals surface area contributed by atoms with Gasteiger partial charge in [-0.1, -0.05) is 19.1 Å². The van der Waals surface area contributed by atoms with Gasteiger partial charge in [0.25, 0.3) is 0 Å². The lowest BCUT2D eigenvalue weighted by atomic mass is 9.98. The van der Waals surface area contributed by atoms with Crippen molar-refractivity contribution in [2.45, 2.75) is 29.6 Å². The van der Waals surface area contributed by atoms with Crippen molar-refractivity contribution in [3.05, 3.63) is 60.0 Å². The number of pyridine rings is 1. The molecule has 0 bridgehead atoms. The zero-order chi connectivity index (χ0) is 20.8. The molecule has 1 saturated heterocycles. The summed E-state index contributed by atoms with van der Waals surface area (Å²) in [5.41, 5.74) is 0.386. The van der Waals surface area contributed by atoms with Crippen molar-refractivity contribution in [2.75, 3.05) is 18.0 Å². The van der Waals surface area contributed by atoms with Gasteiger partial charge in [0.2, 0.25) is 9.84 Å². The van der Waals surface area contributed by atoms with Crippen LogP contribution < -0.4 is 4.90 Å². The van der Waals surface area contributed by atoms with Gasteiger partial charge in [-0.3, -0.25) is 4.98 Å². The lowest BCUT2D eigenvalue weighted by Gasteiger charge is -2.34. The first-order chi connectivity index (χ1) is 13.8. The smallest absolute Gasteiger partial charge is 0.210 e. The largest absolute Gasteiger partial charge is 0.370 e. The SMILES string of the molecule is CC1CCN(c2c(S(=O)(=O)c3cc(F)cc(F)c3)cnc3c(F)cccc23)CC1. The highest BCUT2D eigenvalue weighted by Gasteiger charge is 2.29. The first-order valence-electron chi connectivity index (χ1n) is 9.30. The number of aromatic nitrogens is 1. The van der Waals surface area contributed by atoms with Crippen LogP contribution in [0.15, 0.2) is 52.4 Å². The summed E-state index contributed by atoms with van der Waals surface area (Å²) in [6.45, 7) is 3.31. The first-order valence-corrected chi connectivity index (χ1v) is 10.8. The van der Waals surface area contributed by atoms with Crippen LogP contribution in [0.3, 0.4) is 0 Å². The van der Waals surface area contributed by atoms with Crippen molar-refractivity contribution in [1.29, 1.82) is 0 Å². The number of benzene rings is 2. The Kier molecular flexibility index (Phi) is 4.98. The fourth-order valence-electron chi connectivity index (χ4n) is 3.72. The molecule has 0 radical (unpaired) electrons. The molecule has 0 amide bonds. The van der Waals surface area contributed by atoms with Gasteiger partial charge in [0, 0.05) is 30.7 Å². The predicted molar refractivity (Wildman–Crippen MR) is 104 cm³/mol. The van der Waals surface area contributed by atoms with E-state index in [1.165, 1.54) is 12.1 Å². The molecule has 1 aliphatic rings. The normalized spacial score (nSPS) is 15.8. The fraction of sp³-hybridized carbons (Fsp3) is 0.286. The molecule has 2 aromatic carbocycles. The van der Waals surface area contributed by atoms with E-state index in [-0.39, 0.29) is 10.4 Å². The van der Waals surface area contributed by atoms with Crippen LogP contribution in [-0.2, 0) is 9.84 Å². The third-order valence-electron chi connectivity index (χ3n) is 5.32. The summed E-state index contributed by atoms with van der Waals surface area (Å²) in [6.07, 6.45) is 2.79. The molecule has 152 valence electrons. The van der Waals surface area contributed by atoms with Crippen molar-refractivity contribution < 1.29 is 21.6 Å². The highest BCUT2D eigenvalue weighted by Crippen LogP contribution is 2.38. The molecule has 0 spiro atoms. The van der Waals surface area contributed by atoms with Gasteiger partial charge < -0.3 is 4.90 Å². The second-order valence-electron chi connectivity index (χ2n) is 7.39. The summed E-state index contributed by atoms with van der Waals surface area (Å²) in [5, 5.41) is 0.359. The number of halogens is 3. The fourth-order valence-corrected chi connectivity index (χ4v) is 5.19. The van der Waals surface area contributed by atoms with E-state index in [2.05, 4.69) is 11.9 Å². The Morgan fingerprint density at radius 1 is 1.03 bits per heavy atom. The minimum absolute atomic E-state index is 0.0606. The van der Waals surface area contributed by atoms with Crippen molar-refractivity contribution in [1.82, 2.24) is 4.98 Å². The molecule has 2 heterocycles. The molecule has 8 heteroatoms. The standard InChI is InChI=1S/C21H19F3N2O2S/c1-13-5-7-26(8-6-13)21-17-3-2-4-18(24)20(17)25-12-19(21)29(27,28)16-10-14(22)9-15(23)11-16/h2-4,9-13H,5-8H2,1H3. The maximum Gasteiger partial charge on any atom is 0.210 e. The van der Waals surface area contributed by atoms with Crippen molar-refractivity contribution in [2.24, 2.45) is 5.92 Å². The summed E-state index contributed by atoms with van der Waals surface area (Å²) >= 11 is 0. The van der Waals surface area contributed by atoms with Gasteiger partial charge in [-0.2, -0.15) is 0 Å². The highest BCUT2D eigenvalue weighted by atomic mass is 32.2. The average Bonchev–Trinajstić information content (AvgIpc) is 2.67. The molecule has 1 aromatic heterocycles. The molecule has 0 N–H and O–H groups in total. The zero-order valence-corrected chi connectivity index (χ0v) is 16.5. The van der Waals surface area contributed by atoms with Gasteiger partial charge in [0.05, 0.1) is 10.6 Å². The van der Waals surface area contributed by atoms with Gasteiger partial charge in [-0.05, 0) is 37.0 Å². The molecular formula is C21H19F3N2O2S. The van der Waals surface area contributed by atoms with Crippen molar-refractivity contribution >= 4 is 26.4 Å². The molecule has 0 aliphatic carbocycles. The van der Waals surface area contributed by atoms with Crippen molar-refractivity contribution in [3.63, 3.8) is 0 Å². The molecule has 3 aromatic rings. The number of piperidine rings is 1. The average molecular weight is 420 g/mol. The Bertz CT molecular complexity index is 1170. The molecule has 1 aliphatic heterocycles. The summed E-state index contributed by atoms with van der Waals surface area (Å²) in [4.78, 5) is 5.23. The van der Waals surface area contributed by atoms with E-state index in [1.807, 2.05) is 4.90 Å². The van der Waals surface area contributed by atoms with Crippen LogP contribution in [0.1, 0.15) is 19.8 Å². The molecule has 0 saturated carbocycles. The van der Waals surface area contributed by atoms with E-state index >= 15 is 0 Å².